The van der Waals surface area contributed by atoms with Crippen molar-refractivity contribution in [3.05, 3.63) is 47.3 Å². The summed E-state index contributed by atoms with van der Waals surface area (Å²) < 4.78 is 5.23. The molecule has 0 saturated carbocycles. The predicted octanol–water partition coefficient (Wildman–Crippen LogP) is 2.91. The molecular weight excluding hydrogens is 328 g/mol. The summed E-state index contributed by atoms with van der Waals surface area (Å²) in [5.74, 6) is -1.14. The standard InChI is InChI=1S/C17H18N2O4S/c1-11(16(21)19(3)13-7-5-4-6-8-13)23-17(22)14-9-10-15(24-14)18-12(2)20/h4-11H,1-3H3,(H,18,20)/t11-/m0/s1. The Hall–Kier alpha value is -2.67. The van der Waals surface area contributed by atoms with E-state index in [9.17, 15) is 14.4 Å². The van der Waals surface area contributed by atoms with Crippen molar-refractivity contribution in [3.8, 4) is 0 Å². The summed E-state index contributed by atoms with van der Waals surface area (Å²) in [6.07, 6.45) is -0.922. The highest BCUT2D eigenvalue weighted by atomic mass is 32.1. The number of amides is 2. The lowest BCUT2D eigenvalue weighted by Crippen LogP contribution is -2.37. The molecule has 0 fully saturated rings. The van der Waals surface area contributed by atoms with E-state index in [1.807, 2.05) is 18.2 Å². The van der Waals surface area contributed by atoms with Crippen LogP contribution in [0.15, 0.2) is 42.5 Å². The largest absolute Gasteiger partial charge is 0.448 e. The molecule has 2 rings (SSSR count). The summed E-state index contributed by atoms with van der Waals surface area (Å²) in [4.78, 5) is 37.2. The lowest BCUT2D eigenvalue weighted by Gasteiger charge is -2.21. The van der Waals surface area contributed by atoms with Gasteiger partial charge in [0.05, 0.1) is 5.00 Å². The zero-order chi connectivity index (χ0) is 17.7. The molecule has 0 aliphatic heterocycles. The number of carbonyl (C=O) groups excluding carboxylic acids is 3. The van der Waals surface area contributed by atoms with Crippen LogP contribution in [0.2, 0.25) is 0 Å². The summed E-state index contributed by atoms with van der Waals surface area (Å²) in [6, 6.07) is 12.3. The maximum absolute atomic E-state index is 12.4. The van der Waals surface area contributed by atoms with Gasteiger partial charge in [-0.05, 0) is 31.2 Å². The second-order valence-corrected chi connectivity index (χ2v) is 6.21. The van der Waals surface area contributed by atoms with E-state index in [2.05, 4.69) is 5.32 Å². The van der Waals surface area contributed by atoms with Crippen LogP contribution in [0.3, 0.4) is 0 Å². The fraction of sp³-hybridized carbons (Fsp3) is 0.235. The number of thiophene rings is 1. The summed E-state index contributed by atoms with van der Waals surface area (Å²) in [6.45, 7) is 2.92. The first-order valence-electron chi connectivity index (χ1n) is 7.29. The predicted molar refractivity (Wildman–Crippen MR) is 93.4 cm³/mol. The monoisotopic (exact) mass is 346 g/mol. The van der Waals surface area contributed by atoms with Crippen LogP contribution in [0.5, 0.6) is 0 Å². The van der Waals surface area contributed by atoms with Gasteiger partial charge in [0.2, 0.25) is 5.91 Å². The van der Waals surface area contributed by atoms with E-state index in [-0.39, 0.29) is 11.8 Å². The second kappa shape index (κ2) is 7.74. The van der Waals surface area contributed by atoms with Crippen molar-refractivity contribution >= 4 is 39.8 Å². The van der Waals surface area contributed by atoms with Gasteiger partial charge in [-0.1, -0.05) is 18.2 Å². The van der Waals surface area contributed by atoms with E-state index in [0.717, 1.165) is 17.0 Å². The molecule has 0 unspecified atom stereocenters. The van der Waals surface area contributed by atoms with Gasteiger partial charge >= 0.3 is 5.97 Å². The molecular formula is C17H18N2O4S. The van der Waals surface area contributed by atoms with Gasteiger partial charge in [-0.15, -0.1) is 11.3 Å². The smallest absolute Gasteiger partial charge is 0.349 e. The first-order chi connectivity index (χ1) is 11.4. The average molecular weight is 346 g/mol. The fourth-order valence-corrected chi connectivity index (χ4v) is 2.84. The van der Waals surface area contributed by atoms with Crippen LogP contribution >= 0.6 is 11.3 Å². The summed E-state index contributed by atoms with van der Waals surface area (Å²) in [5.41, 5.74) is 0.717. The molecule has 0 bridgehead atoms. The van der Waals surface area contributed by atoms with E-state index >= 15 is 0 Å². The Morgan fingerprint density at radius 2 is 1.79 bits per heavy atom. The zero-order valence-corrected chi connectivity index (χ0v) is 14.4. The van der Waals surface area contributed by atoms with Crippen molar-refractivity contribution in [1.29, 1.82) is 0 Å². The van der Waals surface area contributed by atoms with Gasteiger partial charge in [-0.2, -0.15) is 0 Å². The van der Waals surface area contributed by atoms with Crippen molar-refractivity contribution in [3.63, 3.8) is 0 Å². The second-order valence-electron chi connectivity index (χ2n) is 5.13. The number of hydrogen-bond donors (Lipinski definition) is 1. The van der Waals surface area contributed by atoms with Crippen LogP contribution in [0.25, 0.3) is 0 Å². The first-order valence-corrected chi connectivity index (χ1v) is 8.11. The summed E-state index contributed by atoms with van der Waals surface area (Å²) in [7, 11) is 1.63. The zero-order valence-electron chi connectivity index (χ0n) is 13.6. The van der Waals surface area contributed by atoms with Crippen LogP contribution in [-0.4, -0.2) is 30.9 Å². The molecule has 0 radical (unpaired) electrons. The number of carbonyl (C=O) groups is 3. The number of nitrogens with one attached hydrogen (secondary N) is 1. The lowest BCUT2D eigenvalue weighted by molar-refractivity contribution is -0.126. The third-order valence-electron chi connectivity index (χ3n) is 3.21. The topological polar surface area (TPSA) is 75.7 Å². The molecule has 2 amide bonds. The van der Waals surface area contributed by atoms with Crippen molar-refractivity contribution in [2.24, 2.45) is 0 Å². The number of para-hydroxylation sites is 1. The number of esters is 1. The Labute approximate surface area is 144 Å². The molecule has 1 atom stereocenters. The Bertz CT molecular complexity index is 742. The molecule has 1 N–H and O–H groups in total. The Morgan fingerprint density at radius 3 is 2.42 bits per heavy atom. The SMILES string of the molecule is CC(=O)Nc1ccc(C(=O)O[C@@H](C)C(=O)N(C)c2ccccc2)s1. The number of ether oxygens (including phenoxy) is 1. The number of rotatable bonds is 5. The molecule has 6 nitrogen and oxygen atoms in total. The lowest BCUT2D eigenvalue weighted by atomic mass is 10.2. The van der Waals surface area contributed by atoms with Crippen LogP contribution in [0, 0.1) is 0 Å². The average Bonchev–Trinajstić information content (AvgIpc) is 3.02. The maximum Gasteiger partial charge on any atom is 0.349 e. The van der Waals surface area contributed by atoms with E-state index in [0.29, 0.717) is 9.88 Å². The number of benzene rings is 1. The van der Waals surface area contributed by atoms with E-state index in [4.69, 9.17) is 4.74 Å². The molecule has 1 aromatic heterocycles. The molecule has 24 heavy (non-hydrogen) atoms. The Balaban J connectivity index is 1.99. The molecule has 0 aliphatic carbocycles. The molecule has 0 spiro atoms. The third kappa shape index (κ3) is 4.42. The highest BCUT2D eigenvalue weighted by Crippen LogP contribution is 2.23. The number of likely N-dealkylation sites (N-methyl/N-ethyl adjacent to an activating group) is 1. The molecule has 0 saturated heterocycles. The van der Waals surface area contributed by atoms with E-state index < -0.39 is 12.1 Å². The van der Waals surface area contributed by atoms with Gasteiger partial charge in [-0.3, -0.25) is 9.59 Å². The minimum Gasteiger partial charge on any atom is -0.448 e. The number of hydrogen-bond acceptors (Lipinski definition) is 5. The van der Waals surface area contributed by atoms with Gasteiger partial charge in [-0.25, -0.2) is 4.79 Å². The van der Waals surface area contributed by atoms with Gasteiger partial charge < -0.3 is 15.0 Å². The van der Waals surface area contributed by atoms with Crippen LogP contribution in [0.1, 0.15) is 23.5 Å². The molecule has 0 aliphatic rings. The van der Waals surface area contributed by atoms with Gasteiger partial charge in [0, 0.05) is 19.7 Å². The molecule has 1 heterocycles. The summed E-state index contributed by atoms with van der Waals surface area (Å²) in [5, 5.41) is 3.14. The fourth-order valence-electron chi connectivity index (χ4n) is 2.01. The van der Waals surface area contributed by atoms with Gasteiger partial charge in [0.15, 0.2) is 6.10 Å². The highest BCUT2D eigenvalue weighted by Gasteiger charge is 2.23. The van der Waals surface area contributed by atoms with Crippen LogP contribution < -0.4 is 10.2 Å². The van der Waals surface area contributed by atoms with Crippen LogP contribution in [0.4, 0.5) is 10.7 Å². The molecule has 126 valence electrons. The molecule has 2 aromatic rings. The first kappa shape index (κ1) is 17.7. The minimum atomic E-state index is -0.922. The Kier molecular flexibility index (Phi) is 5.70. The van der Waals surface area contributed by atoms with Gasteiger partial charge in [0.1, 0.15) is 4.88 Å². The van der Waals surface area contributed by atoms with Crippen molar-refractivity contribution in [2.45, 2.75) is 20.0 Å². The maximum atomic E-state index is 12.4. The minimum absolute atomic E-state index is 0.218. The Morgan fingerprint density at radius 1 is 1.12 bits per heavy atom. The molecule has 7 heteroatoms. The molecule has 1 aromatic carbocycles. The number of anilines is 2. The van der Waals surface area contributed by atoms with E-state index in [1.165, 1.54) is 18.7 Å². The number of nitrogens with zero attached hydrogens (tertiary/aromatic N) is 1. The highest BCUT2D eigenvalue weighted by molar-refractivity contribution is 7.18. The third-order valence-corrected chi connectivity index (χ3v) is 4.19. The van der Waals surface area contributed by atoms with Gasteiger partial charge in [0.25, 0.3) is 5.91 Å². The van der Waals surface area contributed by atoms with Crippen molar-refractivity contribution in [1.82, 2.24) is 0 Å². The quantitative estimate of drug-likeness (QED) is 0.845. The van der Waals surface area contributed by atoms with Crippen molar-refractivity contribution in [2.75, 3.05) is 17.3 Å². The summed E-state index contributed by atoms with van der Waals surface area (Å²) >= 11 is 1.10. The van der Waals surface area contributed by atoms with Crippen molar-refractivity contribution < 1.29 is 19.1 Å². The van der Waals surface area contributed by atoms with Crippen LogP contribution in [-0.2, 0) is 14.3 Å². The van der Waals surface area contributed by atoms with E-state index in [1.54, 1.807) is 31.3 Å². The normalized spacial score (nSPS) is 11.5.